The van der Waals surface area contributed by atoms with Crippen LogP contribution in [0.15, 0.2) is 46.9 Å². The maximum absolute atomic E-state index is 11.5. The molecule has 0 radical (unpaired) electrons. The van der Waals surface area contributed by atoms with E-state index in [1.165, 1.54) is 5.56 Å². The number of nitrogens with zero attached hydrogens (tertiary/aromatic N) is 2. The van der Waals surface area contributed by atoms with Crippen LogP contribution in [0.3, 0.4) is 0 Å². The Hall–Kier alpha value is -2.87. The van der Waals surface area contributed by atoms with Gasteiger partial charge >= 0.3 is 0 Å². The van der Waals surface area contributed by atoms with E-state index in [0.29, 0.717) is 33.8 Å². The Balaban J connectivity index is 1.83. The van der Waals surface area contributed by atoms with Gasteiger partial charge in [0.2, 0.25) is 0 Å². The summed E-state index contributed by atoms with van der Waals surface area (Å²) >= 11 is 3.48. The molecule has 1 aromatic heterocycles. The van der Waals surface area contributed by atoms with Gasteiger partial charge < -0.3 is 15.2 Å². The molecule has 0 atom stereocenters. The fourth-order valence-corrected chi connectivity index (χ4v) is 3.01. The molecule has 0 aliphatic carbocycles. The van der Waals surface area contributed by atoms with Crippen LogP contribution in [0.5, 0.6) is 11.5 Å². The van der Waals surface area contributed by atoms with E-state index in [2.05, 4.69) is 43.5 Å². The van der Waals surface area contributed by atoms with Gasteiger partial charge in [0.05, 0.1) is 13.7 Å². The SMILES string of the molecule is COc1cc(-c2n[nH]nc2C(N)=O)c(Br)cc1OCCc1ccccc1. The third-order valence-corrected chi connectivity index (χ3v) is 4.44. The van der Waals surface area contributed by atoms with Crippen molar-refractivity contribution in [3.8, 4) is 22.8 Å². The standard InChI is InChI=1S/C18H17BrN4O3/c1-25-14-9-12(16-17(18(20)24)22-23-21-16)13(19)10-15(14)26-8-7-11-5-3-2-4-6-11/h2-6,9-10H,7-8H2,1H3,(H2,20,24)(H,21,22,23). The number of halogens is 1. The molecular formula is C18H17BrN4O3. The van der Waals surface area contributed by atoms with E-state index in [1.54, 1.807) is 19.2 Å². The second-order valence-electron chi connectivity index (χ2n) is 5.45. The highest BCUT2D eigenvalue weighted by molar-refractivity contribution is 9.10. The number of amides is 1. The molecule has 2 aromatic carbocycles. The van der Waals surface area contributed by atoms with Gasteiger partial charge in [-0.25, -0.2) is 0 Å². The number of benzene rings is 2. The fraction of sp³-hybridized carbons (Fsp3) is 0.167. The first-order valence-corrected chi connectivity index (χ1v) is 8.64. The Bertz CT molecular complexity index is 912. The van der Waals surface area contributed by atoms with Crippen molar-refractivity contribution in [2.45, 2.75) is 6.42 Å². The van der Waals surface area contributed by atoms with Crippen molar-refractivity contribution in [3.05, 3.63) is 58.2 Å². The predicted octanol–water partition coefficient (Wildman–Crippen LogP) is 2.96. The number of rotatable bonds is 7. The summed E-state index contributed by atoms with van der Waals surface area (Å²) in [6, 6.07) is 13.6. The van der Waals surface area contributed by atoms with Crippen LogP contribution < -0.4 is 15.2 Å². The van der Waals surface area contributed by atoms with E-state index in [0.717, 1.165) is 6.42 Å². The molecule has 0 unspecified atom stereocenters. The minimum absolute atomic E-state index is 0.0606. The number of ether oxygens (including phenoxy) is 2. The number of H-pyrrole nitrogens is 1. The van der Waals surface area contributed by atoms with Crippen molar-refractivity contribution in [2.75, 3.05) is 13.7 Å². The summed E-state index contributed by atoms with van der Waals surface area (Å²) in [5, 5.41) is 10.2. The number of methoxy groups -OCH3 is 1. The maximum atomic E-state index is 11.5. The molecule has 0 saturated heterocycles. The first-order valence-electron chi connectivity index (χ1n) is 7.85. The summed E-state index contributed by atoms with van der Waals surface area (Å²) in [5.74, 6) is 0.445. The highest BCUT2D eigenvalue weighted by Crippen LogP contribution is 2.38. The zero-order valence-corrected chi connectivity index (χ0v) is 15.6. The van der Waals surface area contributed by atoms with E-state index in [4.69, 9.17) is 15.2 Å². The molecule has 1 heterocycles. The molecule has 7 nitrogen and oxygen atoms in total. The Morgan fingerprint density at radius 2 is 1.96 bits per heavy atom. The van der Waals surface area contributed by atoms with Crippen LogP contribution in [0.1, 0.15) is 16.1 Å². The number of hydrogen-bond donors (Lipinski definition) is 2. The lowest BCUT2D eigenvalue weighted by Crippen LogP contribution is -2.13. The average Bonchev–Trinajstić information content (AvgIpc) is 3.12. The molecule has 0 fully saturated rings. The highest BCUT2D eigenvalue weighted by Gasteiger charge is 2.20. The lowest BCUT2D eigenvalue weighted by Gasteiger charge is -2.13. The fourth-order valence-electron chi connectivity index (χ4n) is 2.50. The van der Waals surface area contributed by atoms with E-state index in [1.807, 2.05) is 18.2 Å². The molecule has 0 aliphatic heterocycles. The average molecular weight is 417 g/mol. The molecule has 0 spiro atoms. The second-order valence-corrected chi connectivity index (χ2v) is 6.31. The molecular weight excluding hydrogens is 400 g/mol. The van der Waals surface area contributed by atoms with Crippen molar-refractivity contribution in [2.24, 2.45) is 5.73 Å². The number of carbonyl (C=O) groups is 1. The van der Waals surface area contributed by atoms with Crippen LogP contribution in [-0.4, -0.2) is 35.0 Å². The van der Waals surface area contributed by atoms with Crippen LogP contribution >= 0.6 is 15.9 Å². The zero-order chi connectivity index (χ0) is 18.5. The summed E-state index contributed by atoms with van der Waals surface area (Å²) in [6.45, 7) is 0.503. The number of carbonyl (C=O) groups excluding carboxylic acids is 1. The van der Waals surface area contributed by atoms with Crippen molar-refractivity contribution in [3.63, 3.8) is 0 Å². The Labute approximate surface area is 158 Å². The first kappa shape index (κ1) is 17.9. The Morgan fingerprint density at radius 3 is 2.65 bits per heavy atom. The van der Waals surface area contributed by atoms with Crippen molar-refractivity contribution >= 4 is 21.8 Å². The van der Waals surface area contributed by atoms with Gasteiger partial charge in [-0.05, 0) is 33.6 Å². The molecule has 26 heavy (non-hydrogen) atoms. The van der Waals surface area contributed by atoms with Gasteiger partial charge in [0.25, 0.3) is 5.91 Å². The predicted molar refractivity (Wildman–Crippen MR) is 100 cm³/mol. The summed E-state index contributed by atoms with van der Waals surface area (Å²) in [4.78, 5) is 11.5. The molecule has 3 rings (SSSR count). The summed E-state index contributed by atoms with van der Waals surface area (Å²) in [6.07, 6.45) is 0.776. The highest BCUT2D eigenvalue weighted by atomic mass is 79.9. The van der Waals surface area contributed by atoms with Crippen molar-refractivity contribution in [1.82, 2.24) is 15.4 Å². The van der Waals surface area contributed by atoms with Crippen LogP contribution in [0.2, 0.25) is 0 Å². The number of nitrogens with two attached hydrogens (primary N) is 1. The maximum Gasteiger partial charge on any atom is 0.271 e. The van der Waals surface area contributed by atoms with Crippen LogP contribution in [0.25, 0.3) is 11.3 Å². The van der Waals surface area contributed by atoms with E-state index >= 15 is 0 Å². The molecule has 1 amide bonds. The van der Waals surface area contributed by atoms with Gasteiger partial charge in [-0.3, -0.25) is 4.79 Å². The first-order chi connectivity index (χ1) is 12.6. The van der Waals surface area contributed by atoms with E-state index < -0.39 is 5.91 Å². The largest absolute Gasteiger partial charge is 0.493 e. The van der Waals surface area contributed by atoms with Gasteiger partial charge in [0.15, 0.2) is 17.2 Å². The Kier molecular flexibility index (Phi) is 5.52. The Morgan fingerprint density at radius 1 is 1.19 bits per heavy atom. The number of primary amides is 1. The third-order valence-electron chi connectivity index (χ3n) is 3.78. The number of nitrogens with one attached hydrogen (secondary N) is 1. The lowest BCUT2D eigenvalue weighted by atomic mass is 10.1. The minimum Gasteiger partial charge on any atom is -0.493 e. The lowest BCUT2D eigenvalue weighted by molar-refractivity contribution is 0.0996. The van der Waals surface area contributed by atoms with Crippen molar-refractivity contribution < 1.29 is 14.3 Å². The van der Waals surface area contributed by atoms with Crippen LogP contribution in [0, 0.1) is 0 Å². The molecule has 134 valence electrons. The number of aromatic amines is 1. The normalized spacial score (nSPS) is 10.5. The van der Waals surface area contributed by atoms with Gasteiger partial charge in [0, 0.05) is 16.5 Å². The molecule has 0 saturated carbocycles. The second kappa shape index (κ2) is 8.01. The van der Waals surface area contributed by atoms with E-state index in [9.17, 15) is 4.79 Å². The zero-order valence-electron chi connectivity index (χ0n) is 14.0. The van der Waals surface area contributed by atoms with Crippen molar-refractivity contribution in [1.29, 1.82) is 0 Å². The van der Waals surface area contributed by atoms with Gasteiger partial charge in [0.1, 0.15) is 5.69 Å². The molecule has 0 bridgehead atoms. The quantitative estimate of drug-likeness (QED) is 0.615. The monoisotopic (exact) mass is 416 g/mol. The summed E-state index contributed by atoms with van der Waals surface area (Å²) in [7, 11) is 1.55. The summed E-state index contributed by atoms with van der Waals surface area (Å²) in [5.41, 5.74) is 7.56. The number of hydrogen-bond acceptors (Lipinski definition) is 5. The smallest absolute Gasteiger partial charge is 0.271 e. The van der Waals surface area contributed by atoms with Gasteiger partial charge in [-0.15, -0.1) is 0 Å². The number of aromatic nitrogens is 3. The van der Waals surface area contributed by atoms with Gasteiger partial charge in [-0.1, -0.05) is 30.3 Å². The minimum atomic E-state index is -0.664. The van der Waals surface area contributed by atoms with E-state index in [-0.39, 0.29) is 5.69 Å². The topological polar surface area (TPSA) is 103 Å². The molecule has 3 aromatic rings. The third kappa shape index (κ3) is 3.85. The summed E-state index contributed by atoms with van der Waals surface area (Å²) < 4.78 is 12.0. The van der Waals surface area contributed by atoms with Gasteiger partial charge in [-0.2, -0.15) is 15.4 Å². The molecule has 8 heteroatoms. The molecule has 0 aliphatic rings. The van der Waals surface area contributed by atoms with Crippen LogP contribution in [0.4, 0.5) is 0 Å². The molecule has 3 N–H and O–H groups in total. The van der Waals surface area contributed by atoms with Crippen LogP contribution in [-0.2, 0) is 6.42 Å².